The molecule has 0 aromatic rings. The average Bonchev–Trinajstić information content (AvgIpc) is 2.79. The van der Waals surface area contributed by atoms with Crippen molar-refractivity contribution in [3.8, 4) is 0 Å². The Labute approximate surface area is 100 Å². The SMILES string of the molecule is CNC(=O)C(C)CN(C)C(=O)C1CSCN1. The van der Waals surface area contributed by atoms with Gasteiger partial charge in [0.2, 0.25) is 11.8 Å². The predicted octanol–water partition coefficient (Wildman–Crippen LogP) is -0.511. The van der Waals surface area contributed by atoms with Crippen molar-refractivity contribution in [1.82, 2.24) is 15.5 Å². The molecule has 0 spiro atoms. The van der Waals surface area contributed by atoms with Crippen molar-refractivity contribution in [2.24, 2.45) is 5.92 Å². The molecule has 2 N–H and O–H groups in total. The monoisotopic (exact) mass is 245 g/mol. The van der Waals surface area contributed by atoms with Crippen LogP contribution in [0.3, 0.4) is 0 Å². The number of rotatable bonds is 4. The van der Waals surface area contributed by atoms with Gasteiger partial charge in [0.25, 0.3) is 0 Å². The third-order valence-corrected chi connectivity index (χ3v) is 3.57. The summed E-state index contributed by atoms with van der Waals surface area (Å²) in [6.07, 6.45) is 0. The Morgan fingerprint density at radius 3 is 2.81 bits per heavy atom. The molecule has 0 radical (unpaired) electrons. The van der Waals surface area contributed by atoms with E-state index in [0.29, 0.717) is 6.54 Å². The Kier molecular flexibility index (Phi) is 5.08. The van der Waals surface area contributed by atoms with Crippen LogP contribution in [-0.2, 0) is 9.59 Å². The summed E-state index contributed by atoms with van der Waals surface area (Å²) < 4.78 is 0. The molecule has 1 aliphatic heterocycles. The lowest BCUT2D eigenvalue weighted by Crippen LogP contribution is -2.46. The fourth-order valence-corrected chi connectivity index (χ4v) is 2.58. The van der Waals surface area contributed by atoms with Gasteiger partial charge in [0.05, 0.1) is 12.0 Å². The molecule has 1 rings (SSSR count). The van der Waals surface area contributed by atoms with Crippen LogP contribution in [0.4, 0.5) is 0 Å². The van der Waals surface area contributed by atoms with Crippen molar-refractivity contribution < 1.29 is 9.59 Å². The van der Waals surface area contributed by atoms with Crippen molar-refractivity contribution in [2.75, 3.05) is 32.3 Å². The van der Waals surface area contributed by atoms with Crippen molar-refractivity contribution in [3.05, 3.63) is 0 Å². The molecule has 1 saturated heterocycles. The first kappa shape index (κ1) is 13.3. The van der Waals surface area contributed by atoms with Gasteiger partial charge in [-0.2, -0.15) is 0 Å². The van der Waals surface area contributed by atoms with Crippen LogP contribution < -0.4 is 10.6 Å². The number of carbonyl (C=O) groups is 2. The van der Waals surface area contributed by atoms with Crippen LogP contribution in [0.5, 0.6) is 0 Å². The summed E-state index contributed by atoms with van der Waals surface area (Å²) in [4.78, 5) is 24.9. The van der Waals surface area contributed by atoms with Crippen molar-refractivity contribution in [1.29, 1.82) is 0 Å². The fourth-order valence-electron chi connectivity index (χ4n) is 1.65. The van der Waals surface area contributed by atoms with Gasteiger partial charge in [-0.25, -0.2) is 0 Å². The zero-order valence-corrected chi connectivity index (χ0v) is 10.8. The second-order valence-electron chi connectivity index (χ2n) is 4.01. The van der Waals surface area contributed by atoms with Crippen molar-refractivity contribution in [2.45, 2.75) is 13.0 Å². The highest BCUT2D eigenvalue weighted by atomic mass is 32.2. The molecule has 92 valence electrons. The summed E-state index contributed by atoms with van der Waals surface area (Å²) in [5, 5.41) is 5.71. The highest BCUT2D eigenvalue weighted by molar-refractivity contribution is 7.99. The Morgan fingerprint density at radius 2 is 2.31 bits per heavy atom. The Morgan fingerprint density at radius 1 is 1.62 bits per heavy atom. The standard InChI is InChI=1S/C10H19N3O2S/c1-7(9(14)11-2)4-13(3)10(15)8-5-16-6-12-8/h7-8,12H,4-6H2,1-3H3,(H,11,14). The van der Waals surface area contributed by atoms with E-state index in [2.05, 4.69) is 10.6 Å². The van der Waals surface area contributed by atoms with E-state index in [0.717, 1.165) is 11.6 Å². The Balaban J connectivity index is 2.41. The van der Waals surface area contributed by atoms with Gasteiger partial charge in [-0.15, -0.1) is 11.8 Å². The molecule has 0 aromatic heterocycles. The first-order chi connectivity index (χ1) is 7.56. The number of nitrogens with zero attached hydrogens (tertiary/aromatic N) is 1. The van der Waals surface area contributed by atoms with Gasteiger partial charge in [0.15, 0.2) is 0 Å². The number of hydrogen-bond donors (Lipinski definition) is 2. The average molecular weight is 245 g/mol. The van der Waals surface area contributed by atoms with Crippen LogP contribution in [0.25, 0.3) is 0 Å². The van der Waals surface area contributed by atoms with Crippen molar-refractivity contribution in [3.63, 3.8) is 0 Å². The maximum absolute atomic E-state index is 11.9. The van der Waals surface area contributed by atoms with E-state index in [1.807, 2.05) is 6.92 Å². The van der Waals surface area contributed by atoms with E-state index in [9.17, 15) is 9.59 Å². The number of hydrogen-bond acceptors (Lipinski definition) is 4. The first-order valence-electron chi connectivity index (χ1n) is 5.34. The van der Waals surface area contributed by atoms with E-state index in [1.165, 1.54) is 0 Å². The minimum absolute atomic E-state index is 0.0339. The van der Waals surface area contributed by atoms with Gasteiger partial charge >= 0.3 is 0 Å². The molecule has 0 aromatic carbocycles. The summed E-state index contributed by atoms with van der Waals surface area (Å²) in [7, 11) is 3.35. The lowest BCUT2D eigenvalue weighted by atomic mass is 10.1. The first-order valence-corrected chi connectivity index (χ1v) is 6.49. The molecule has 2 atom stereocenters. The summed E-state index contributed by atoms with van der Waals surface area (Å²) in [6.45, 7) is 2.28. The van der Waals surface area contributed by atoms with Crippen LogP contribution in [0.15, 0.2) is 0 Å². The molecule has 1 aliphatic rings. The quantitative estimate of drug-likeness (QED) is 0.700. The lowest BCUT2D eigenvalue weighted by molar-refractivity contribution is -0.133. The topological polar surface area (TPSA) is 61.4 Å². The van der Waals surface area contributed by atoms with E-state index >= 15 is 0 Å². The largest absolute Gasteiger partial charge is 0.359 e. The zero-order chi connectivity index (χ0) is 12.1. The minimum atomic E-state index is -0.173. The molecule has 6 heteroatoms. The summed E-state index contributed by atoms with van der Waals surface area (Å²) in [6, 6.07) is -0.0908. The molecular weight excluding hydrogens is 226 g/mol. The van der Waals surface area contributed by atoms with Crippen LogP contribution in [0.2, 0.25) is 0 Å². The number of likely N-dealkylation sites (N-methyl/N-ethyl adjacent to an activating group) is 1. The Bertz CT molecular complexity index is 267. The second-order valence-corrected chi connectivity index (χ2v) is 5.04. The summed E-state index contributed by atoms with van der Waals surface area (Å²) in [5.41, 5.74) is 0. The van der Waals surface area contributed by atoms with Gasteiger partial charge in [-0.1, -0.05) is 6.92 Å². The number of amides is 2. The molecule has 1 heterocycles. The predicted molar refractivity (Wildman–Crippen MR) is 65.1 cm³/mol. The van der Waals surface area contributed by atoms with Crippen LogP contribution in [0.1, 0.15) is 6.92 Å². The normalized spacial score (nSPS) is 21.6. The Hall–Kier alpha value is -0.750. The van der Waals surface area contributed by atoms with Gasteiger partial charge in [-0.05, 0) is 0 Å². The van der Waals surface area contributed by atoms with Crippen LogP contribution in [-0.4, -0.2) is 55.0 Å². The minimum Gasteiger partial charge on any atom is -0.359 e. The maximum atomic E-state index is 11.9. The molecular formula is C10H19N3O2S. The number of carbonyl (C=O) groups excluding carboxylic acids is 2. The van der Waals surface area contributed by atoms with Crippen LogP contribution >= 0.6 is 11.8 Å². The number of nitrogens with one attached hydrogen (secondary N) is 2. The molecule has 0 aliphatic carbocycles. The smallest absolute Gasteiger partial charge is 0.240 e. The summed E-state index contributed by atoms with van der Waals surface area (Å²) in [5.74, 6) is 1.51. The van der Waals surface area contributed by atoms with Gasteiger partial charge in [0.1, 0.15) is 0 Å². The van der Waals surface area contributed by atoms with E-state index in [4.69, 9.17) is 0 Å². The third kappa shape index (κ3) is 3.38. The van der Waals surface area contributed by atoms with Gasteiger partial charge in [-0.3, -0.25) is 14.9 Å². The molecule has 0 bridgehead atoms. The van der Waals surface area contributed by atoms with Gasteiger partial charge < -0.3 is 10.2 Å². The fraction of sp³-hybridized carbons (Fsp3) is 0.800. The number of thioether (sulfide) groups is 1. The molecule has 0 saturated carbocycles. The highest BCUT2D eigenvalue weighted by Crippen LogP contribution is 2.12. The van der Waals surface area contributed by atoms with E-state index in [1.54, 1.807) is 30.8 Å². The molecule has 2 amide bonds. The van der Waals surface area contributed by atoms with Crippen molar-refractivity contribution >= 4 is 23.6 Å². The van der Waals surface area contributed by atoms with Gasteiger partial charge in [0, 0.05) is 32.3 Å². The third-order valence-electron chi connectivity index (χ3n) is 2.63. The summed E-state index contributed by atoms with van der Waals surface area (Å²) >= 11 is 1.72. The van der Waals surface area contributed by atoms with Crippen LogP contribution in [0, 0.1) is 5.92 Å². The van der Waals surface area contributed by atoms with E-state index in [-0.39, 0.29) is 23.8 Å². The molecule has 5 nitrogen and oxygen atoms in total. The molecule has 2 unspecified atom stereocenters. The lowest BCUT2D eigenvalue weighted by Gasteiger charge is -2.23. The van der Waals surface area contributed by atoms with E-state index < -0.39 is 0 Å². The maximum Gasteiger partial charge on any atom is 0.240 e. The second kappa shape index (κ2) is 6.10. The zero-order valence-electron chi connectivity index (χ0n) is 9.95. The highest BCUT2D eigenvalue weighted by Gasteiger charge is 2.26. The molecule has 1 fully saturated rings. The molecule has 16 heavy (non-hydrogen) atoms.